The summed E-state index contributed by atoms with van der Waals surface area (Å²) in [5.74, 6) is 5.76. The third-order valence-electron chi connectivity index (χ3n) is 2.83. The summed E-state index contributed by atoms with van der Waals surface area (Å²) in [6, 6.07) is 15.8. The Balaban J connectivity index is 1.90. The summed E-state index contributed by atoms with van der Waals surface area (Å²) in [5, 5.41) is 0. The van der Waals surface area contributed by atoms with Crippen LogP contribution in [0, 0.1) is 0 Å². The van der Waals surface area contributed by atoms with Gasteiger partial charge in [0.25, 0.3) is 0 Å². The molecule has 0 atom stereocenters. The Morgan fingerprint density at radius 1 is 1.00 bits per heavy atom. The highest BCUT2D eigenvalue weighted by molar-refractivity contribution is 7.98. The Labute approximate surface area is 122 Å². The number of benzene rings is 2. The molecule has 0 aliphatic heterocycles. The topological polar surface area (TPSA) is 81.1 Å². The minimum Gasteiger partial charge on any atom is -0.399 e. The molecule has 5 heteroatoms. The van der Waals surface area contributed by atoms with E-state index in [1.807, 2.05) is 48.5 Å². The van der Waals surface area contributed by atoms with Gasteiger partial charge < -0.3 is 5.73 Å². The third-order valence-corrected chi connectivity index (χ3v) is 3.92. The Hall–Kier alpha value is -1.98. The van der Waals surface area contributed by atoms with Gasteiger partial charge in [0.1, 0.15) is 0 Å². The normalized spacial score (nSPS) is 10.2. The molecular formula is C15H17N3OS. The van der Waals surface area contributed by atoms with Crippen molar-refractivity contribution in [2.24, 2.45) is 5.84 Å². The van der Waals surface area contributed by atoms with E-state index in [2.05, 4.69) is 5.43 Å². The van der Waals surface area contributed by atoms with E-state index in [9.17, 15) is 4.79 Å². The molecule has 0 spiro atoms. The number of nitrogens with one attached hydrogen (secondary N) is 1. The van der Waals surface area contributed by atoms with Crippen molar-refractivity contribution in [1.82, 2.24) is 5.43 Å². The lowest BCUT2D eigenvalue weighted by molar-refractivity contribution is -0.120. The lowest BCUT2D eigenvalue weighted by Crippen LogP contribution is -2.31. The Kier molecular flexibility index (Phi) is 5.03. The highest BCUT2D eigenvalue weighted by Crippen LogP contribution is 2.23. The first-order valence-electron chi connectivity index (χ1n) is 6.23. The summed E-state index contributed by atoms with van der Waals surface area (Å²) in [6.07, 6.45) is 0.307. The Morgan fingerprint density at radius 2 is 1.60 bits per heavy atom. The number of hydrogen-bond acceptors (Lipinski definition) is 4. The van der Waals surface area contributed by atoms with Gasteiger partial charge in [-0.05, 0) is 35.4 Å². The second kappa shape index (κ2) is 6.98. The highest BCUT2D eigenvalue weighted by atomic mass is 32.2. The number of hydrogen-bond donors (Lipinski definition) is 3. The SMILES string of the molecule is NNC(=O)Cc1ccc(CSc2ccc(N)cc2)cc1. The van der Waals surface area contributed by atoms with Crippen LogP contribution < -0.4 is 17.0 Å². The number of carbonyl (C=O) groups is 1. The maximum absolute atomic E-state index is 11.2. The minimum absolute atomic E-state index is 0.186. The zero-order valence-corrected chi connectivity index (χ0v) is 11.8. The Morgan fingerprint density at radius 3 is 2.20 bits per heavy atom. The molecule has 0 heterocycles. The lowest BCUT2D eigenvalue weighted by Gasteiger charge is -2.04. The molecular weight excluding hydrogens is 270 g/mol. The Bertz CT molecular complexity index is 567. The predicted octanol–water partition coefficient (Wildman–Crippen LogP) is 2.09. The molecule has 2 aromatic carbocycles. The van der Waals surface area contributed by atoms with E-state index in [0.717, 1.165) is 17.0 Å². The summed E-state index contributed by atoms with van der Waals surface area (Å²) in [5.41, 5.74) is 10.7. The van der Waals surface area contributed by atoms with E-state index in [-0.39, 0.29) is 5.91 Å². The first kappa shape index (κ1) is 14.4. The van der Waals surface area contributed by atoms with E-state index >= 15 is 0 Å². The van der Waals surface area contributed by atoms with Gasteiger partial charge in [0.05, 0.1) is 6.42 Å². The van der Waals surface area contributed by atoms with Gasteiger partial charge in [-0.25, -0.2) is 5.84 Å². The van der Waals surface area contributed by atoms with E-state index in [1.165, 1.54) is 10.5 Å². The smallest absolute Gasteiger partial charge is 0.238 e. The van der Waals surface area contributed by atoms with Crippen LogP contribution in [0.15, 0.2) is 53.4 Å². The third kappa shape index (κ3) is 4.29. The number of anilines is 1. The number of nitrogen functional groups attached to an aromatic ring is 1. The van der Waals surface area contributed by atoms with Gasteiger partial charge in [0.2, 0.25) is 5.91 Å². The zero-order chi connectivity index (χ0) is 14.4. The van der Waals surface area contributed by atoms with Gasteiger partial charge in [0.15, 0.2) is 0 Å². The summed E-state index contributed by atoms with van der Waals surface area (Å²) in [6.45, 7) is 0. The largest absolute Gasteiger partial charge is 0.399 e. The summed E-state index contributed by atoms with van der Waals surface area (Å²) in [7, 11) is 0. The van der Waals surface area contributed by atoms with E-state index in [4.69, 9.17) is 11.6 Å². The zero-order valence-electron chi connectivity index (χ0n) is 11.0. The van der Waals surface area contributed by atoms with Crippen molar-refractivity contribution < 1.29 is 4.79 Å². The van der Waals surface area contributed by atoms with Crippen molar-refractivity contribution in [3.63, 3.8) is 0 Å². The standard InChI is InChI=1S/C15H17N3OS/c16-13-5-7-14(8-6-13)20-10-12-3-1-11(2-4-12)9-15(19)18-17/h1-8H,9-10,16-17H2,(H,18,19). The highest BCUT2D eigenvalue weighted by Gasteiger charge is 2.02. The van der Waals surface area contributed by atoms with Crippen LogP contribution in [-0.2, 0) is 17.0 Å². The molecule has 0 bridgehead atoms. The molecule has 0 saturated heterocycles. The van der Waals surface area contributed by atoms with Crippen LogP contribution in [0.4, 0.5) is 5.69 Å². The molecule has 0 fully saturated rings. The minimum atomic E-state index is -0.186. The second-order valence-corrected chi connectivity index (χ2v) is 5.47. The molecule has 0 aliphatic carbocycles. The van der Waals surface area contributed by atoms with E-state index < -0.39 is 0 Å². The van der Waals surface area contributed by atoms with Crippen LogP contribution in [0.1, 0.15) is 11.1 Å². The van der Waals surface area contributed by atoms with Crippen LogP contribution in [0.5, 0.6) is 0 Å². The molecule has 4 nitrogen and oxygen atoms in total. The average molecular weight is 287 g/mol. The molecule has 0 unspecified atom stereocenters. The average Bonchev–Trinajstić information content (AvgIpc) is 2.48. The molecule has 1 amide bonds. The fraction of sp³-hybridized carbons (Fsp3) is 0.133. The van der Waals surface area contributed by atoms with Crippen LogP contribution in [0.25, 0.3) is 0 Å². The van der Waals surface area contributed by atoms with Crippen molar-refractivity contribution in [3.8, 4) is 0 Å². The number of thioether (sulfide) groups is 1. The number of rotatable bonds is 5. The van der Waals surface area contributed by atoms with Crippen LogP contribution >= 0.6 is 11.8 Å². The maximum Gasteiger partial charge on any atom is 0.238 e. The van der Waals surface area contributed by atoms with Crippen LogP contribution in [0.2, 0.25) is 0 Å². The summed E-state index contributed by atoms with van der Waals surface area (Å²) in [4.78, 5) is 12.3. The van der Waals surface area contributed by atoms with Crippen molar-refractivity contribution in [2.75, 3.05) is 5.73 Å². The van der Waals surface area contributed by atoms with Crippen LogP contribution in [0.3, 0.4) is 0 Å². The maximum atomic E-state index is 11.2. The molecule has 0 aromatic heterocycles. The van der Waals surface area contributed by atoms with Gasteiger partial charge in [-0.15, -0.1) is 11.8 Å². The molecule has 5 N–H and O–H groups in total. The molecule has 2 rings (SSSR count). The van der Waals surface area contributed by atoms with Crippen molar-refractivity contribution in [3.05, 3.63) is 59.7 Å². The predicted molar refractivity (Wildman–Crippen MR) is 82.9 cm³/mol. The quantitative estimate of drug-likeness (QED) is 0.259. The van der Waals surface area contributed by atoms with Gasteiger partial charge in [0, 0.05) is 16.3 Å². The number of amides is 1. The van der Waals surface area contributed by atoms with Crippen molar-refractivity contribution >= 4 is 23.4 Å². The summed E-state index contributed by atoms with van der Waals surface area (Å²) < 4.78 is 0. The van der Waals surface area contributed by atoms with E-state index in [1.54, 1.807) is 11.8 Å². The molecule has 2 aromatic rings. The molecule has 0 saturated carbocycles. The van der Waals surface area contributed by atoms with Crippen molar-refractivity contribution in [2.45, 2.75) is 17.1 Å². The fourth-order valence-corrected chi connectivity index (χ4v) is 2.57. The lowest BCUT2D eigenvalue weighted by atomic mass is 10.1. The number of carbonyl (C=O) groups excluding carboxylic acids is 1. The number of hydrazine groups is 1. The number of nitrogens with two attached hydrogens (primary N) is 2. The molecule has 20 heavy (non-hydrogen) atoms. The molecule has 0 aliphatic rings. The summed E-state index contributed by atoms with van der Waals surface area (Å²) >= 11 is 1.75. The van der Waals surface area contributed by atoms with Crippen LogP contribution in [-0.4, -0.2) is 5.91 Å². The van der Waals surface area contributed by atoms with Gasteiger partial charge >= 0.3 is 0 Å². The van der Waals surface area contributed by atoms with Gasteiger partial charge in [-0.2, -0.15) is 0 Å². The molecule has 104 valence electrons. The first-order chi connectivity index (χ1) is 9.67. The second-order valence-electron chi connectivity index (χ2n) is 4.42. The molecule has 0 radical (unpaired) electrons. The first-order valence-corrected chi connectivity index (χ1v) is 7.21. The van der Waals surface area contributed by atoms with E-state index in [0.29, 0.717) is 6.42 Å². The monoisotopic (exact) mass is 287 g/mol. The van der Waals surface area contributed by atoms with Gasteiger partial charge in [-0.3, -0.25) is 10.2 Å². The van der Waals surface area contributed by atoms with Gasteiger partial charge in [-0.1, -0.05) is 24.3 Å². The fourth-order valence-electron chi connectivity index (χ4n) is 1.72. The van der Waals surface area contributed by atoms with Crippen molar-refractivity contribution in [1.29, 1.82) is 0 Å².